The van der Waals surface area contributed by atoms with Crippen molar-refractivity contribution in [2.75, 3.05) is 20.3 Å². The third-order valence-corrected chi connectivity index (χ3v) is 5.72. The molecule has 0 aromatic carbocycles. The van der Waals surface area contributed by atoms with Gasteiger partial charge in [-0.3, -0.25) is 0 Å². The number of methoxy groups -OCH3 is 1. The van der Waals surface area contributed by atoms with Crippen LogP contribution in [0.2, 0.25) is 0 Å². The second kappa shape index (κ2) is 7.01. The van der Waals surface area contributed by atoms with Gasteiger partial charge in [0.1, 0.15) is 5.01 Å². The largest absolute Gasteiger partial charge is 0.383 e. The van der Waals surface area contributed by atoms with Crippen molar-refractivity contribution in [2.45, 2.75) is 58.4 Å². The zero-order valence-corrected chi connectivity index (χ0v) is 14.1. The Morgan fingerprint density at radius 3 is 2.70 bits per heavy atom. The molecule has 2 rings (SSSR count). The highest BCUT2D eigenvalue weighted by molar-refractivity contribution is 7.11. The van der Waals surface area contributed by atoms with Crippen molar-refractivity contribution in [3.8, 4) is 0 Å². The summed E-state index contributed by atoms with van der Waals surface area (Å²) in [6.07, 6.45) is 6.39. The summed E-state index contributed by atoms with van der Waals surface area (Å²) in [5.74, 6) is 0.865. The molecule has 1 atom stereocenters. The number of rotatable bonds is 8. The predicted molar refractivity (Wildman–Crippen MR) is 85.4 cm³/mol. The molecule has 1 N–H and O–H groups in total. The molecule has 0 amide bonds. The number of aromatic nitrogens is 1. The van der Waals surface area contributed by atoms with Gasteiger partial charge in [-0.1, -0.05) is 26.2 Å². The molecule has 1 aliphatic rings. The van der Waals surface area contributed by atoms with E-state index >= 15 is 0 Å². The van der Waals surface area contributed by atoms with Crippen LogP contribution < -0.4 is 5.32 Å². The highest BCUT2D eigenvalue weighted by Gasteiger charge is 2.34. The summed E-state index contributed by atoms with van der Waals surface area (Å²) in [4.78, 5) is 6.28. The summed E-state index contributed by atoms with van der Waals surface area (Å²) in [5.41, 5.74) is 1.27. The molecule has 0 saturated heterocycles. The molecule has 0 bridgehead atoms. The number of ether oxygens (including phenoxy) is 1. The Morgan fingerprint density at radius 2 is 2.20 bits per heavy atom. The third kappa shape index (κ3) is 3.60. The molecule has 1 saturated carbocycles. The summed E-state index contributed by atoms with van der Waals surface area (Å²) in [6.45, 7) is 8.34. The standard InChI is InChI=1S/C16H28N2OS/c1-5-14-12(2)20-15(18-14)16(3,17-9-10-19-4)11-13-7-6-8-13/h13,17H,5-11H2,1-4H3. The highest BCUT2D eigenvalue weighted by Crippen LogP contribution is 2.39. The fraction of sp³-hybridized carbons (Fsp3) is 0.812. The molecular formula is C16H28N2OS. The first-order valence-corrected chi connectivity index (χ1v) is 8.61. The second-order valence-corrected chi connectivity index (χ2v) is 7.33. The number of nitrogens with zero attached hydrogens (tertiary/aromatic N) is 1. The lowest BCUT2D eigenvalue weighted by atomic mass is 9.76. The Bertz CT molecular complexity index is 428. The quantitative estimate of drug-likeness (QED) is 0.743. The van der Waals surface area contributed by atoms with E-state index in [9.17, 15) is 0 Å². The molecule has 3 nitrogen and oxygen atoms in total. The van der Waals surface area contributed by atoms with Gasteiger partial charge in [0.05, 0.1) is 17.8 Å². The van der Waals surface area contributed by atoms with Crippen molar-refractivity contribution in [1.82, 2.24) is 10.3 Å². The smallest absolute Gasteiger partial charge is 0.113 e. The summed E-state index contributed by atoms with van der Waals surface area (Å²) in [6, 6.07) is 0. The van der Waals surface area contributed by atoms with Crippen LogP contribution >= 0.6 is 11.3 Å². The summed E-state index contributed by atoms with van der Waals surface area (Å²) < 4.78 is 5.19. The van der Waals surface area contributed by atoms with Gasteiger partial charge in [0.15, 0.2) is 0 Å². The van der Waals surface area contributed by atoms with Gasteiger partial charge in [-0.2, -0.15) is 0 Å². The van der Waals surface area contributed by atoms with E-state index in [-0.39, 0.29) is 5.54 Å². The molecule has 1 aromatic rings. The molecule has 114 valence electrons. The normalized spacial score (nSPS) is 18.8. The van der Waals surface area contributed by atoms with Crippen LogP contribution in [0.5, 0.6) is 0 Å². The van der Waals surface area contributed by atoms with Gasteiger partial charge in [0.25, 0.3) is 0 Å². The highest BCUT2D eigenvalue weighted by atomic mass is 32.1. The van der Waals surface area contributed by atoms with Crippen LogP contribution in [-0.4, -0.2) is 25.2 Å². The lowest BCUT2D eigenvalue weighted by Gasteiger charge is -2.36. The molecule has 0 radical (unpaired) electrons. The molecule has 20 heavy (non-hydrogen) atoms. The average Bonchev–Trinajstić information content (AvgIpc) is 2.76. The second-order valence-electron chi connectivity index (χ2n) is 6.13. The first-order valence-electron chi connectivity index (χ1n) is 7.79. The fourth-order valence-corrected chi connectivity index (χ4v) is 4.06. The predicted octanol–water partition coefficient (Wildman–Crippen LogP) is 3.66. The van der Waals surface area contributed by atoms with E-state index in [0.717, 1.165) is 25.5 Å². The van der Waals surface area contributed by atoms with E-state index < -0.39 is 0 Å². The molecule has 1 fully saturated rings. The van der Waals surface area contributed by atoms with Crippen molar-refractivity contribution in [1.29, 1.82) is 0 Å². The van der Waals surface area contributed by atoms with E-state index in [1.165, 1.54) is 41.3 Å². The molecule has 1 aliphatic carbocycles. The van der Waals surface area contributed by atoms with Crippen molar-refractivity contribution >= 4 is 11.3 Å². The monoisotopic (exact) mass is 296 g/mol. The van der Waals surface area contributed by atoms with Crippen LogP contribution in [0.1, 0.15) is 55.1 Å². The average molecular weight is 296 g/mol. The van der Waals surface area contributed by atoms with Gasteiger partial charge in [-0.15, -0.1) is 11.3 Å². The van der Waals surface area contributed by atoms with E-state index in [2.05, 4.69) is 26.1 Å². The van der Waals surface area contributed by atoms with Gasteiger partial charge in [-0.05, 0) is 32.6 Å². The van der Waals surface area contributed by atoms with Gasteiger partial charge in [0.2, 0.25) is 0 Å². The lowest BCUT2D eigenvalue weighted by Crippen LogP contribution is -2.43. The number of thiazole rings is 1. The molecule has 0 spiro atoms. The minimum absolute atomic E-state index is 0.00641. The summed E-state index contributed by atoms with van der Waals surface area (Å²) >= 11 is 1.87. The fourth-order valence-electron chi connectivity index (χ4n) is 2.93. The topological polar surface area (TPSA) is 34.2 Å². The Hall–Kier alpha value is -0.450. The summed E-state index contributed by atoms with van der Waals surface area (Å²) in [7, 11) is 1.76. The Morgan fingerprint density at radius 1 is 1.45 bits per heavy atom. The van der Waals surface area contributed by atoms with Crippen LogP contribution in [-0.2, 0) is 16.7 Å². The Balaban J connectivity index is 2.14. The molecular weight excluding hydrogens is 268 g/mol. The first-order chi connectivity index (χ1) is 9.59. The van der Waals surface area contributed by atoms with Crippen LogP contribution in [0, 0.1) is 12.8 Å². The van der Waals surface area contributed by atoms with E-state index in [4.69, 9.17) is 9.72 Å². The van der Waals surface area contributed by atoms with E-state index in [0.29, 0.717) is 0 Å². The summed E-state index contributed by atoms with van der Waals surface area (Å²) in [5, 5.41) is 4.96. The number of aryl methyl sites for hydroxylation is 2. The van der Waals surface area contributed by atoms with Crippen molar-refractivity contribution in [3.05, 3.63) is 15.6 Å². The van der Waals surface area contributed by atoms with Gasteiger partial charge in [0, 0.05) is 18.5 Å². The number of hydrogen-bond donors (Lipinski definition) is 1. The SMILES string of the molecule is CCc1nc(C(C)(CC2CCC2)NCCOC)sc1C. The minimum Gasteiger partial charge on any atom is -0.383 e. The molecule has 1 unspecified atom stereocenters. The molecule has 1 heterocycles. The van der Waals surface area contributed by atoms with Crippen LogP contribution in [0.25, 0.3) is 0 Å². The lowest BCUT2D eigenvalue weighted by molar-refractivity contribution is 0.164. The first kappa shape index (κ1) is 15.9. The van der Waals surface area contributed by atoms with Crippen molar-refractivity contribution < 1.29 is 4.74 Å². The van der Waals surface area contributed by atoms with Crippen molar-refractivity contribution in [2.24, 2.45) is 5.92 Å². The Labute approximate surface area is 127 Å². The van der Waals surface area contributed by atoms with Crippen LogP contribution in [0.15, 0.2) is 0 Å². The Kier molecular flexibility index (Phi) is 5.58. The van der Waals surface area contributed by atoms with E-state index in [1.54, 1.807) is 7.11 Å². The maximum Gasteiger partial charge on any atom is 0.113 e. The minimum atomic E-state index is 0.00641. The van der Waals surface area contributed by atoms with E-state index in [1.807, 2.05) is 11.3 Å². The molecule has 4 heteroatoms. The zero-order chi connectivity index (χ0) is 14.6. The van der Waals surface area contributed by atoms with Gasteiger partial charge in [-0.25, -0.2) is 4.98 Å². The third-order valence-electron chi connectivity index (χ3n) is 4.44. The number of hydrogen-bond acceptors (Lipinski definition) is 4. The van der Waals surface area contributed by atoms with Gasteiger partial charge < -0.3 is 10.1 Å². The number of nitrogens with one attached hydrogen (secondary N) is 1. The van der Waals surface area contributed by atoms with Crippen LogP contribution in [0.4, 0.5) is 0 Å². The molecule has 0 aliphatic heterocycles. The van der Waals surface area contributed by atoms with Gasteiger partial charge >= 0.3 is 0 Å². The maximum atomic E-state index is 5.19. The van der Waals surface area contributed by atoms with Crippen molar-refractivity contribution in [3.63, 3.8) is 0 Å². The zero-order valence-electron chi connectivity index (χ0n) is 13.3. The molecule has 1 aromatic heterocycles. The van der Waals surface area contributed by atoms with Crippen LogP contribution in [0.3, 0.4) is 0 Å². The maximum absolute atomic E-state index is 5.19.